The zero-order valence-corrected chi connectivity index (χ0v) is 15.4. The molecule has 1 aromatic heterocycles. The Morgan fingerprint density at radius 2 is 2.15 bits per heavy atom. The molecule has 2 aliphatic rings. The first-order valence-corrected chi connectivity index (χ1v) is 9.74. The molecule has 144 valence electrons. The van der Waals surface area contributed by atoms with Crippen LogP contribution in [0, 0.1) is 5.82 Å². The number of carbonyl (C=O) groups is 1. The van der Waals surface area contributed by atoms with Gasteiger partial charge < -0.3 is 10.6 Å². The van der Waals surface area contributed by atoms with Gasteiger partial charge in [-0.15, -0.1) is 0 Å². The highest BCUT2D eigenvalue weighted by Gasteiger charge is 2.26. The van der Waals surface area contributed by atoms with Crippen molar-refractivity contribution in [3.05, 3.63) is 47.9 Å². The number of halogens is 1. The molecular formula is C20H26FN5O. The smallest absolute Gasteiger partial charge is 0.239 e. The summed E-state index contributed by atoms with van der Waals surface area (Å²) in [5.41, 5.74) is 0.894. The summed E-state index contributed by atoms with van der Waals surface area (Å²) < 4.78 is 15.6. The number of piperazine rings is 1. The van der Waals surface area contributed by atoms with Crippen LogP contribution in [0.2, 0.25) is 0 Å². The van der Waals surface area contributed by atoms with Crippen LogP contribution < -0.4 is 10.6 Å². The highest BCUT2D eigenvalue weighted by atomic mass is 19.1. The standard InChI is InChI=1S/C20H26FN5O/c21-16-5-3-4-15(12-16)18-13-22-10-11-25(18)14-20(27)24-19-8-9-23-26(19)17-6-1-2-7-17/h3-5,8-9,12,17-18,22H,1-2,6-7,10-11,13-14H2,(H,24,27). The molecule has 1 unspecified atom stereocenters. The van der Waals surface area contributed by atoms with Crippen molar-refractivity contribution in [2.45, 2.75) is 37.8 Å². The van der Waals surface area contributed by atoms with E-state index in [0.717, 1.165) is 37.3 Å². The lowest BCUT2D eigenvalue weighted by Gasteiger charge is -2.36. The van der Waals surface area contributed by atoms with Crippen LogP contribution in [0.15, 0.2) is 36.5 Å². The van der Waals surface area contributed by atoms with Crippen LogP contribution in [0.5, 0.6) is 0 Å². The van der Waals surface area contributed by atoms with Crippen LogP contribution in [0.4, 0.5) is 10.2 Å². The molecule has 1 atom stereocenters. The molecule has 2 heterocycles. The zero-order valence-electron chi connectivity index (χ0n) is 15.4. The number of rotatable bonds is 5. The lowest BCUT2D eigenvalue weighted by molar-refractivity contribution is -0.118. The van der Waals surface area contributed by atoms with E-state index in [1.165, 1.54) is 18.9 Å². The molecule has 4 rings (SSSR count). The summed E-state index contributed by atoms with van der Waals surface area (Å²) >= 11 is 0. The van der Waals surface area contributed by atoms with E-state index in [0.29, 0.717) is 12.6 Å². The minimum absolute atomic E-state index is 0.0139. The van der Waals surface area contributed by atoms with Gasteiger partial charge in [0.25, 0.3) is 0 Å². The van der Waals surface area contributed by atoms with Gasteiger partial charge in [0.2, 0.25) is 5.91 Å². The molecular weight excluding hydrogens is 345 g/mol. The van der Waals surface area contributed by atoms with E-state index >= 15 is 0 Å². The number of nitrogens with one attached hydrogen (secondary N) is 2. The highest BCUT2D eigenvalue weighted by Crippen LogP contribution is 2.31. The minimum Gasteiger partial charge on any atom is -0.314 e. The average Bonchev–Trinajstić information content (AvgIpc) is 3.33. The van der Waals surface area contributed by atoms with Crippen LogP contribution in [-0.4, -0.2) is 46.8 Å². The Labute approximate surface area is 158 Å². The number of aromatic nitrogens is 2. The summed E-state index contributed by atoms with van der Waals surface area (Å²) in [6.45, 7) is 2.55. The summed E-state index contributed by atoms with van der Waals surface area (Å²) in [6, 6.07) is 8.87. The lowest BCUT2D eigenvalue weighted by Crippen LogP contribution is -2.48. The van der Waals surface area contributed by atoms with Crippen molar-refractivity contribution in [3.63, 3.8) is 0 Å². The largest absolute Gasteiger partial charge is 0.314 e. The van der Waals surface area contributed by atoms with Crippen LogP contribution in [0.25, 0.3) is 0 Å². The maximum absolute atomic E-state index is 13.6. The maximum Gasteiger partial charge on any atom is 0.239 e. The van der Waals surface area contributed by atoms with E-state index in [4.69, 9.17) is 0 Å². The molecule has 1 amide bonds. The Morgan fingerprint density at radius 1 is 1.30 bits per heavy atom. The molecule has 1 saturated heterocycles. The Morgan fingerprint density at radius 3 is 2.96 bits per heavy atom. The summed E-state index contributed by atoms with van der Waals surface area (Å²) in [6.07, 6.45) is 6.41. The first-order valence-electron chi connectivity index (χ1n) is 9.74. The second-order valence-corrected chi connectivity index (χ2v) is 7.39. The van der Waals surface area contributed by atoms with Crippen molar-refractivity contribution in [1.29, 1.82) is 0 Å². The van der Waals surface area contributed by atoms with Gasteiger partial charge in [-0.05, 0) is 30.5 Å². The Hall–Kier alpha value is -2.25. The molecule has 1 aliphatic heterocycles. The molecule has 1 aromatic carbocycles. The highest BCUT2D eigenvalue weighted by molar-refractivity contribution is 5.91. The number of amides is 1. The molecule has 0 spiro atoms. The van der Waals surface area contributed by atoms with Gasteiger partial charge in [0.1, 0.15) is 11.6 Å². The number of hydrogen-bond acceptors (Lipinski definition) is 4. The molecule has 6 nitrogen and oxygen atoms in total. The number of carbonyl (C=O) groups excluding carboxylic acids is 1. The second kappa shape index (κ2) is 8.19. The van der Waals surface area contributed by atoms with Crippen molar-refractivity contribution >= 4 is 11.7 Å². The van der Waals surface area contributed by atoms with Gasteiger partial charge in [-0.25, -0.2) is 9.07 Å². The van der Waals surface area contributed by atoms with Crippen molar-refractivity contribution in [3.8, 4) is 0 Å². The number of nitrogens with zero attached hydrogens (tertiary/aromatic N) is 3. The number of anilines is 1. The van der Waals surface area contributed by atoms with Gasteiger partial charge in [0, 0.05) is 31.7 Å². The van der Waals surface area contributed by atoms with E-state index < -0.39 is 0 Å². The van der Waals surface area contributed by atoms with Crippen LogP contribution in [0.1, 0.15) is 43.3 Å². The third-order valence-corrected chi connectivity index (χ3v) is 5.54. The van der Waals surface area contributed by atoms with E-state index in [1.54, 1.807) is 18.3 Å². The predicted molar refractivity (Wildman–Crippen MR) is 102 cm³/mol. The SMILES string of the molecule is O=C(CN1CCNCC1c1cccc(F)c1)Nc1ccnn1C1CCCC1. The van der Waals surface area contributed by atoms with E-state index in [2.05, 4.69) is 20.6 Å². The van der Waals surface area contributed by atoms with E-state index in [9.17, 15) is 9.18 Å². The summed E-state index contributed by atoms with van der Waals surface area (Å²) in [7, 11) is 0. The normalized spacial score (nSPS) is 21.4. The van der Waals surface area contributed by atoms with Gasteiger partial charge >= 0.3 is 0 Å². The maximum atomic E-state index is 13.6. The van der Waals surface area contributed by atoms with Crippen LogP contribution in [0.3, 0.4) is 0 Å². The molecule has 0 radical (unpaired) electrons. The third-order valence-electron chi connectivity index (χ3n) is 5.54. The number of benzene rings is 1. The summed E-state index contributed by atoms with van der Waals surface area (Å²) in [5.74, 6) is 0.463. The molecule has 2 aromatic rings. The molecule has 1 saturated carbocycles. The summed E-state index contributed by atoms with van der Waals surface area (Å²) in [4.78, 5) is 14.8. The van der Waals surface area contributed by atoms with Gasteiger partial charge in [-0.1, -0.05) is 25.0 Å². The quantitative estimate of drug-likeness (QED) is 0.848. The average molecular weight is 371 g/mol. The molecule has 2 fully saturated rings. The molecule has 27 heavy (non-hydrogen) atoms. The fourth-order valence-electron chi connectivity index (χ4n) is 4.20. The van der Waals surface area contributed by atoms with E-state index in [-0.39, 0.29) is 24.3 Å². The summed E-state index contributed by atoms with van der Waals surface area (Å²) in [5, 5.41) is 10.8. The predicted octanol–water partition coefficient (Wildman–Crippen LogP) is 2.72. The van der Waals surface area contributed by atoms with Crippen LogP contribution in [-0.2, 0) is 4.79 Å². The van der Waals surface area contributed by atoms with Gasteiger partial charge in [-0.3, -0.25) is 9.69 Å². The first-order chi connectivity index (χ1) is 13.2. The van der Waals surface area contributed by atoms with Gasteiger partial charge in [-0.2, -0.15) is 5.10 Å². The second-order valence-electron chi connectivity index (χ2n) is 7.39. The minimum atomic E-state index is -0.247. The van der Waals surface area contributed by atoms with Gasteiger partial charge in [0.15, 0.2) is 0 Å². The topological polar surface area (TPSA) is 62.2 Å². The fourth-order valence-corrected chi connectivity index (χ4v) is 4.20. The van der Waals surface area contributed by atoms with Crippen molar-refractivity contribution in [1.82, 2.24) is 20.0 Å². The van der Waals surface area contributed by atoms with E-state index in [1.807, 2.05) is 16.8 Å². The first kappa shape index (κ1) is 18.1. The van der Waals surface area contributed by atoms with Crippen molar-refractivity contribution in [2.24, 2.45) is 0 Å². The zero-order chi connectivity index (χ0) is 18.6. The van der Waals surface area contributed by atoms with Crippen molar-refractivity contribution in [2.75, 3.05) is 31.5 Å². The lowest BCUT2D eigenvalue weighted by atomic mass is 10.0. The molecule has 0 bridgehead atoms. The third kappa shape index (κ3) is 4.20. The van der Waals surface area contributed by atoms with Gasteiger partial charge in [0.05, 0.1) is 18.8 Å². The van der Waals surface area contributed by atoms with Crippen LogP contribution >= 0.6 is 0 Å². The Kier molecular flexibility index (Phi) is 5.50. The molecule has 2 N–H and O–H groups in total. The molecule has 1 aliphatic carbocycles. The molecule has 7 heteroatoms. The number of hydrogen-bond donors (Lipinski definition) is 2. The fraction of sp³-hybridized carbons (Fsp3) is 0.500. The monoisotopic (exact) mass is 371 g/mol. The Bertz CT molecular complexity index is 786. The Balaban J connectivity index is 1.43. The van der Waals surface area contributed by atoms with Crippen molar-refractivity contribution < 1.29 is 9.18 Å².